The van der Waals surface area contributed by atoms with Crippen LogP contribution in [0.5, 0.6) is 5.75 Å². The van der Waals surface area contributed by atoms with Gasteiger partial charge >= 0.3 is 5.97 Å². The third kappa shape index (κ3) is 5.37. The second kappa shape index (κ2) is 10.1. The molecule has 5 rings (SSSR count). The molecular formula is C31H29FN2O3. The van der Waals surface area contributed by atoms with E-state index in [1.807, 2.05) is 54.7 Å². The average Bonchev–Trinajstić information content (AvgIpc) is 3.37. The number of nitrogens with zero attached hydrogens (tertiary/aromatic N) is 1. The highest BCUT2D eigenvalue weighted by Crippen LogP contribution is 2.31. The minimum absolute atomic E-state index is 0.205. The molecule has 5 nitrogen and oxygen atoms in total. The molecule has 0 bridgehead atoms. The molecule has 2 heterocycles. The first-order chi connectivity index (χ1) is 17.8. The van der Waals surface area contributed by atoms with Gasteiger partial charge < -0.3 is 14.8 Å². The number of alkyl halides is 1. The van der Waals surface area contributed by atoms with E-state index < -0.39 is 11.6 Å². The maximum atomic E-state index is 14.2. The number of nitrogens with one attached hydrogen (secondary N) is 1. The smallest absolute Gasteiger partial charge is 0.336 e. The maximum Gasteiger partial charge on any atom is 0.336 e. The Kier molecular flexibility index (Phi) is 6.73. The molecule has 0 spiro atoms. The molecule has 0 aliphatic carbocycles. The van der Waals surface area contributed by atoms with Crippen molar-refractivity contribution in [3.8, 4) is 28.7 Å². The number of benzene rings is 3. The molecule has 1 aliphatic heterocycles. The summed E-state index contributed by atoms with van der Waals surface area (Å²) in [6.45, 7) is 3.80. The first-order valence-corrected chi connectivity index (χ1v) is 12.4. The summed E-state index contributed by atoms with van der Waals surface area (Å²) in [4.78, 5) is 17.5. The highest BCUT2D eigenvalue weighted by molar-refractivity contribution is 5.99. The van der Waals surface area contributed by atoms with Gasteiger partial charge in [-0.15, -0.1) is 0 Å². The number of hydrogen-bond donors (Lipinski definition) is 2. The van der Waals surface area contributed by atoms with E-state index in [1.54, 1.807) is 26.2 Å². The Morgan fingerprint density at radius 2 is 1.92 bits per heavy atom. The number of carboxylic acids is 1. The number of likely N-dealkylation sites (tertiary alicyclic amines) is 1. The number of aromatic amines is 1. The van der Waals surface area contributed by atoms with E-state index in [0.717, 1.165) is 33.3 Å². The molecule has 0 amide bonds. The lowest BCUT2D eigenvalue weighted by molar-refractivity contribution is 0.0694. The predicted molar refractivity (Wildman–Crippen MR) is 144 cm³/mol. The fraction of sp³-hybridized carbons (Fsp3) is 0.258. The van der Waals surface area contributed by atoms with E-state index >= 15 is 0 Å². The van der Waals surface area contributed by atoms with Crippen molar-refractivity contribution >= 4 is 16.9 Å². The fourth-order valence-corrected chi connectivity index (χ4v) is 4.86. The van der Waals surface area contributed by atoms with Crippen molar-refractivity contribution in [3.63, 3.8) is 0 Å². The molecule has 1 aliphatic rings. The third-order valence-electron chi connectivity index (χ3n) is 7.06. The van der Waals surface area contributed by atoms with Crippen LogP contribution in [0.2, 0.25) is 0 Å². The lowest BCUT2D eigenvalue weighted by Gasteiger charge is -2.34. The van der Waals surface area contributed by atoms with E-state index in [0.29, 0.717) is 43.6 Å². The topological polar surface area (TPSA) is 65.6 Å². The molecule has 1 fully saturated rings. The highest BCUT2D eigenvalue weighted by Gasteiger charge is 2.29. The first kappa shape index (κ1) is 24.6. The zero-order valence-electron chi connectivity index (χ0n) is 21.0. The van der Waals surface area contributed by atoms with Gasteiger partial charge in [-0.1, -0.05) is 36.1 Å². The van der Waals surface area contributed by atoms with Gasteiger partial charge in [-0.2, -0.15) is 0 Å². The van der Waals surface area contributed by atoms with Crippen molar-refractivity contribution in [3.05, 3.63) is 89.1 Å². The zero-order chi connectivity index (χ0) is 26.0. The summed E-state index contributed by atoms with van der Waals surface area (Å²) in [6.07, 6.45) is 2.93. The van der Waals surface area contributed by atoms with E-state index in [2.05, 4.69) is 21.7 Å². The van der Waals surface area contributed by atoms with Gasteiger partial charge in [0.05, 0.1) is 12.7 Å². The Morgan fingerprint density at radius 3 is 2.68 bits per heavy atom. The Bertz CT molecular complexity index is 1520. The summed E-state index contributed by atoms with van der Waals surface area (Å²) in [5, 5.41) is 10.9. The molecule has 0 unspecified atom stereocenters. The predicted octanol–water partition coefficient (Wildman–Crippen LogP) is 6.27. The molecular weight excluding hydrogens is 467 g/mol. The molecule has 0 atom stereocenters. The molecule has 6 heteroatoms. The van der Waals surface area contributed by atoms with Crippen LogP contribution in [0.4, 0.5) is 4.39 Å². The number of aromatic nitrogens is 1. The zero-order valence-corrected chi connectivity index (χ0v) is 21.0. The Labute approximate surface area is 215 Å². The number of halogens is 1. The lowest BCUT2D eigenvalue weighted by atomic mass is 9.93. The van der Waals surface area contributed by atoms with Gasteiger partial charge in [0.2, 0.25) is 0 Å². The number of piperidine rings is 1. The van der Waals surface area contributed by atoms with Crippen LogP contribution in [0.3, 0.4) is 0 Å². The number of hydrogen-bond acceptors (Lipinski definition) is 3. The minimum Gasteiger partial charge on any atom is -0.496 e. The number of carbonyl (C=O) groups is 1. The summed E-state index contributed by atoms with van der Waals surface area (Å²) in [5.74, 6) is 6.12. The fourth-order valence-electron chi connectivity index (χ4n) is 4.86. The minimum atomic E-state index is -1.08. The monoisotopic (exact) mass is 496 g/mol. The van der Waals surface area contributed by atoms with E-state index in [-0.39, 0.29) is 5.56 Å². The summed E-state index contributed by atoms with van der Waals surface area (Å²) >= 11 is 0. The van der Waals surface area contributed by atoms with Crippen LogP contribution in [0.25, 0.3) is 22.0 Å². The Balaban J connectivity index is 1.46. The molecule has 2 N–H and O–H groups in total. The highest BCUT2D eigenvalue weighted by atomic mass is 19.1. The van der Waals surface area contributed by atoms with Crippen molar-refractivity contribution in [1.82, 2.24) is 9.88 Å². The summed E-state index contributed by atoms with van der Waals surface area (Å²) in [5.41, 5.74) is 3.87. The largest absolute Gasteiger partial charge is 0.496 e. The molecule has 3 aromatic carbocycles. The number of aromatic carboxylic acids is 1. The van der Waals surface area contributed by atoms with Crippen LogP contribution < -0.4 is 4.74 Å². The van der Waals surface area contributed by atoms with Gasteiger partial charge in [-0.05, 0) is 67.1 Å². The van der Waals surface area contributed by atoms with Gasteiger partial charge in [-0.25, -0.2) is 9.18 Å². The third-order valence-corrected chi connectivity index (χ3v) is 7.06. The van der Waals surface area contributed by atoms with Crippen LogP contribution in [0.15, 0.2) is 66.9 Å². The van der Waals surface area contributed by atoms with Crippen LogP contribution in [0.1, 0.15) is 46.8 Å². The molecule has 0 radical (unpaired) electrons. The molecule has 1 aromatic heterocycles. The lowest BCUT2D eigenvalue weighted by Crippen LogP contribution is -2.39. The van der Waals surface area contributed by atoms with E-state index in [4.69, 9.17) is 4.74 Å². The van der Waals surface area contributed by atoms with E-state index in [9.17, 15) is 14.3 Å². The van der Waals surface area contributed by atoms with Crippen molar-refractivity contribution in [2.45, 2.75) is 32.0 Å². The second-order valence-corrected chi connectivity index (χ2v) is 9.78. The normalized spacial score (nSPS) is 15.2. The van der Waals surface area contributed by atoms with Gasteiger partial charge in [0.15, 0.2) is 0 Å². The number of methoxy groups -OCH3 is 1. The summed E-state index contributed by atoms with van der Waals surface area (Å²) in [7, 11) is 1.63. The molecule has 0 saturated carbocycles. The van der Waals surface area contributed by atoms with Crippen molar-refractivity contribution < 1.29 is 19.0 Å². The number of rotatable bonds is 5. The summed E-state index contributed by atoms with van der Waals surface area (Å²) < 4.78 is 19.8. The molecule has 1 saturated heterocycles. The molecule has 37 heavy (non-hydrogen) atoms. The van der Waals surface area contributed by atoms with Gasteiger partial charge in [-0.3, -0.25) is 4.90 Å². The van der Waals surface area contributed by atoms with Crippen LogP contribution in [-0.4, -0.2) is 46.8 Å². The average molecular weight is 497 g/mol. The number of H-pyrrole nitrogens is 1. The Hall–Kier alpha value is -4.08. The van der Waals surface area contributed by atoms with Crippen LogP contribution in [0, 0.1) is 11.8 Å². The quantitative estimate of drug-likeness (QED) is 0.320. The van der Waals surface area contributed by atoms with Crippen LogP contribution >= 0.6 is 0 Å². The maximum absolute atomic E-state index is 14.2. The molecule has 188 valence electrons. The number of ether oxygens (including phenoxy) is 1. The van der Waals surface area contributed by atoms with Crippen molar-refractivity contribution in [2.75, 3.05) is 20.2 Å². The number of carboxylic acid groups (broad SMARTS) is 1. The standard InChI is InChI=1S/C31H29FN2O3/c1-31(32)13-16-34(17-14-31)20-25-9-7-21(18-28(25)37-2)6-8-23-4-3-5-26(30(35)36)29(23)24-11-10-22-12-15-33-27(22)19-24/h3-5,7,9-12,15,18-19,33H,13-14,16-17,20H2,1-2H3,(H,35,36). The summed E-state index contributed by atoms with van der Waals surface area (Å²) in [6, 6.07) is 18.8. The Morgan fingerprint density at radius 1 is 1.11 bits per heavy atom. The SMILES string of the molecule is COc1cc(C#Cc2cccc(C(=O)O)c2-c2ccc3cc[nH]c3c2)ccc1CN1CCC(C)(F)CC1. The first-order valence-electron chi connectivity index (χ1n) is 12.4. The van der Waals surface area contributed by atoms with Crippen molar-refractivity contribution in [1.29, 1.82) is 0 Å². The second-order valence-electron chi connectivity index (χ2n) is 9.78. The van der Waals surface area contributed by atoms with Crippen LogP contribution in [-0.2, 0) is 6.54 Å². The van der Waals surface area contributed by atoms with Gasteiger partial charge in [0, 0.05) is 53.6 Å². The van der Waals surface area contributed by atoms with E-state index in [1.165, 1.54) is 0 Å². The molecule has 4 aromatic rings. The van der Waals surface area contributed by atoms with Gasteiger partial charge in [0.1, 0.15) is 11.4 Å². The number of fused-ring (bicyclic) bond motifs is 1. The van der Waals surface area contributed by atoms with Gasteiger partial charge in [0.25, 0.3) is 0 Å². The van der Waals surface area contributed by atoms with Crippen molar-refractivity contribution in [2.24, 2.45) is 0 Å².